The summed E-state index contributed by atoms with van der Waals surface area (Å²) < 4.78 is 5.36. The van der Waals surface area contributed by atoms with E-state index in [1.165, 1.54) is 0 Å². The molecule has 1 aromatic carbocycles. The molecule has 0 fully saturated rings. The minimum Gasteiger partial charge on any atom is -0.482 e. The summed E-state index contributed by atoms with van der Waals surface area (Å²) in [7, 11) is 1.73. The predicted molar refractivity (Wildman–Crippen MR) is 69.6 cm³/mol. The van der Waals surface area contributed by atoms with Crippen LogP contribution in [0.1, 0.15) is 0 Å². The van der Waals surface area contributed by atoms with Crippen LogP contribution in [-0.4, -0.2) is 24.5 Å². The van der Waals surface area contributed by atoms with Gasteiger partial charge in [0.05, 0.1) is 6.20 Å². The van der Waals surface area contributed by atoms with Crippen molar-refractivity contribution < 1.29 is 9.53 Å². The van der Waals surface area contributed by atoms with Gasteiger partial charge >= 0.3 is 0 Å². The Kier molecular flexibility index (Phi) is 3.91. The Morgan fingerprint density at radius 3 is 2.67 bits per heavy atom. The van der Waals surface area contributed by atoms with Crippen LogP contribution in [0.3, 0.4) is 0 Å². The quantitative estimate of drug-likeness (QED) is 0.824. The zero-order valence-electron chi connectivity index (χ0n) is 10.1. The Balaban J connectivity index is 1.93. The van der Waals surface area contributed by atoms with Crippen molar-refractivity contribution in [2.45, 2.75) is 0 Å². The summed E-state index contributed by atoms with van der Waals surface area (Å²) in [5, 5.41) is 0. The number of hydrogen-bond acceptors (Lipinski definition) is 3. The first-order valence-corrected chi connectivity index (χ1v) is 5.62. The fraction of sp³-hybridized carbons (Fsp3) is 0.143. The molecule has 2 rings (SSSR count). The number of carbonyl (C=O) groups excluding carboxylic acids is 1. The van der Waals surface area contributed by atoms with Gasteiger partial charge in [0.2, 0.25) is 0 Å². The van der Waals surface area contributed by atoms with Crippen LogP contribution in [0.5, 0.6) is 5.75 Å². The molecule has 4 nitrogen and oxygen atoms in total. The summed E-state index contributed by atoms with van der Waals surface area (Å²) in [5.41, 5.74) is 0.845. The van der Waals surface area contributed by atoms with E-state index >= 15 is 0 Å². The third-order valence-corrected chi connectivity index (χ3v) is 2.51. The zero-order valence-corrected chi connectivity index (χ0v) is 10.1. The standard InChI is InChI=1S/C14H14N2O2/c1-16(12-6-3-2-4-7-12)14(17)11-18-13-8-5-9-15-10-13/h2-10H,11H2,1H3. The van der Waals surface area contributed by atoms with Gasteiger partial charge in [-0.3, -0.25) is 9.78 Å². The number of para-hydroxylation sites is 1. The number of amides is 1. The van der Waals surface area contributed by atoms with E-state index in [1.807, 2.05) is 30.3 Å². The molecule has 2 aromatic rings. The average Bonchev–Trinajstić information content (AvgIpc) is 2.46. The van der Waals surface area contributed by atoms with Crippen LogP contribution >= 0.6 is 0 Å². The van der Waals surface area contributed by atoms with Gasteiger partial charge in [-0.15, -0.1) is 0 Å². The third-order valence-electron chi connectivity index (χ3n) is 2.51. The van der Waals surface area contributed by atoms with E-state index in [-0.39, 0.29) is 12.5 Å². The second kappa shape index (κ2) is 5.82. The van der Waals surface area contributed by atoms with E-state index in [4.69, 9.17) is 4.74 Å². The number of carbonyl (C=O) groups is 1. The number of rotatable bonds is 4. The topological polar surface area (TPSA) is 42.4 Å². The summed E-state index contributed by atoms with van der Waals surface area (Å²) >= 11 is 0. The fourth-order valence-corrected chi connectivity index (χ4v) is 1.47. The molecule has 0 N–H and O–H groups in total. The van der Waals surface area contributed by atoms with Gasteiger partial charge in [-0.05, 0) is 24.3 Å². The molecule has 1 heterocycles. The minimum absolute atomic E-state index is 0.00289. The Hall–Kier alpha value is -2.36. The molecule has 0 aliphatic carbocycles. The molecule has 4 heteroatoms. The van der Waals surface area contributed by atoms with E-state index in [0.717, 1.165) is 5.69 Å². The molecule has 0 atom stereocenters. The lowest BCUT2D eigenvalue weighted by Gasteiger charge is -2.17. The molecule has 0 unspecified atom stereocenters. The SMILES string of the molecule is CN(C(=O)COc1cccnc1)c1ccccc1. The van der Waals surface area contributed by atoms with Gasteiger partial charge in [-0.1, -0.05) is 18.2 Å². The van der Waals surface area contributed by atoms with Crippen LogP contribution in [0, 0.1) is 0 Å². The van der Waals surface area contributed by atoms with E-state index in [9.17, 15) is 4.79 Å². The number of nitrogens with zero attached hydrogens (tertiary/aromatic N) is 2. The Morgan fingerprint density at radius 2 is 2.00 bits per heavy atom. The van der Waals surface area contributed by atoms with Crippen molar-refractivity contribution in [1.82, 2.24) is 4.98 Å². The van der Waals surface area contributed by atoms with Crippen molar-refractivity contribution >= 4 is 11.6 Å². The molecule has 0 aliphatic heterocycles. The molecule has 92 valence electrons. The zero-order chi connectivity index (χ0) is 12.8. The third kappa shape index (κ3) is 3.07. The molecule has 18 heavy (non-hydrogen) atoms. The van der Waals surface area contributed by atoms with E-state index in [1.54, 1.807) is 36.5 Å². The van der Waals surface area contributed by atoms with Gasteiger partial charge in [-0.25, -0.2) is 0 Å². The smallest absolute Gasteiger partial charge is 0.264 e. The van der Waals surface area contributed by atoms with Gasteiger partial charge in [0, 0.05) is 18.9 Å². The summed E-state index contributed by atoms with van der Waals surface area (Å²) in [5.74, 6) is 0.484. The molecule has 1 amide bonds. The van der Waals surface area contributed by atoms with Crippen LogP contribution in [-0.2, 0) is 4.79 Å². The van der Waals surface area contributed by atoms with E-state index in [0.29, 0.717) is 5.75 Å². The molecule has 0 radical (unpaired) electrons. The van der Waals surface area contributed by atoms with Crippen LogP contribution in [0.25, 0.3) is 0 Å². The lowest BCUT2D eigenvalue weighted by Crippen LogP contribution is -2.31. The van der Waals surface area contributed by atoms with Crippen molar-refractivity contribution in [2.75, 3.05) is 18.6 Å². The number of aromatic nitrogens is 1. The fourth-order valence-electron chi connectivity index (χ4n) is 1.47. The molecule has 0 spiro atoms. The van der Waals surface area contributed by atoms with Crippen molar-refractivity contribution in [2.24, 2.45) is 0 Å². The van der Waals surface area contributed by atoms with Gasteiger partial charge in [0.25, 0.3) is 5.91 Å². The highest BCUT2D eigenvalue weighted by Crippen LogP contribution is 2.12. The molecule has 0 aliphatic rings. The second-order valence-corrected chi connectivity index (χ2v) is 3.77. The molecule has 1 aromatic heterocycles. The Morgan fingerprint density at radius 1 is 1.22 bits per heavy atom. The van der Waals surface area contributed by atoms with Crippen LogP contribution < -0.4 is 9.64 Å². The van der Waals surface area contributed by atoms with Crippen molar-refractivity contribution in [1.29, 1.82) is 0 Å². The summed E-state index contributed by atoms with van der Waals surface area (Å²) in [6.45, 7) is -0.00289. The second-order valence-electron chi connectivity index (χ2n) is 3.77. The summed E-state index contributed by atoms with van der Waals surface area (Å²) in [4.78, 5) is 17.4. The van der Waals surface area contributed by atoms with Crippen molar-refractivity contribution in [3.8, 4) is 5.75 Å². The monoisotopic (exact) mass is 242 g/mol. The normalized spacial score (nSPS) is 9.83. The van der Waals surface area contributed by atoms with Crippen LogP contribution in [0.4, 0.5) is 5.69 Å². The molecular weight excluding hydrogens is 228 g/mol. The summed E-state index contributed by atoms with van der Waals surface area (Å²) in [6, 6.07) is 13.0. The maximum absolute atomic E-state index is 11.9. The molecule has 0 saturated carbocycles. The first-order chi connectivity index (χ1) is 8.77. The predicted octanol–water partition coefficient (Wildman–Crippen LogP) is 2.12. The van der Waals surface area contributed by atoms with Crippen LogP contribution in [0.15, 0.2) is 54.9 Å². The van der Waals surface area contributed by atoms with Crippen molar-refractivity contribution in [3.05, 3.63) is 54.9 Å². The number of pyridine rings is 1. The number of hydrogen-bond donors (Lipinski definition) is 0. The molecule has 0 saturated heterocycles. The highest BCUT2D eigenvalue weighted by molar-refractivity contribution is 5.93. The van der Waals surface area contributed by atoms with Gasteiger partial charge in [-0.2, -0.15) is 0 Å². The Bertz CT molecular complexity index is 500. The first-order valence-electron chi connectivity index (χ1n) is 5.62. The largest absolute Gasteiger partial charge is 0.482 e. The molecule has 0 bridgehead atoms. The summed E-state index contributed by atoms with van der Waals surface area (Å²) in [6.07, 6.45) is 3.24. The maximum Gasteiger partial charge on any atom is 0.264 e. The first kappa shape index (κ1) is 12.1. The van der Waals surface area contributed by atoms with Crippen molar-refractivity contribution in [3.63, 3.8) is 0 Å². The van der Waals surface area contributed by atoms with Crippen LogP contribution in [0.2, 0.25) is 0 Å². The van der Waals surface area contributed by atoms with Gasteiger partial charge < -0.3 is 9.64 Å². The molecular formula is C14H14N2O2. The average molecular weight is 242 g/mol. The van der Waals surface area contributed by atoms with Gasteiger partial charge in [0.1, 0.15) is 5.75 Å². The lowest BCUT2D eigenvalue weighted by atomic mass is 10.3. The van der Waals surface area contributed by atoms with E-state index in [2.05, 4.69) is 4.98 Å². The highest BCUT2D eigenvalue weighted by atomic mass is 16.5. The maximum atomic E-state index is 11.9. The number of anilines is 1. The number of benzene rings is 1. The number of ether oxygens (including phenoxy) is 1. The van der Waals surface area contributed by atoms with E-state index < -0.39 is 0 Å². The lowest BCUT2D eigenvalue weighted by molar-refractivity contribution is -0.120. The highest BCUT2D eigenvalue weighted by Gasteiger charge is 2.10. The Labute approximate surface area is 106 Å². The minimum atomic E-state index is -0.106. The number of likely N-dealkylation sites (N-methyl/N-ethyl adjacent to an activating group) is 1. The van der Waals surface area contributed by atoms with Gasteiger partial charge in [0.15, 0.2) is 6.61 Å².